The molecule has 0 spiro atoms. The van der Waals surface area contributed by atoms with Crippen LogP contribution in [0.15, 0.2) is 41.7 Å². The zero-order chi connectivity index (χ0) is 16.2. The summed E-state index contributed by atoms with van der Waals surface area (Å²) in [5.41, 5.74) is 1.54. The van der Waals surface area contributed by atoms with Gasteiger partial charge in [-0.05, 0) is 37.3 Å². The summed E-state index contributed by atoms with van der Waals surface area (Å²) in [6.07, 6.45) is 1.61. The quantitative estimate of drug-likeness (QED) is 0.528. The van der Waals surface area contributed by atoms with Crippen LogP contribution in [0.3, 0.4) is 0 Å². The van der Waals surface area contributed by atoms with E-state index in [1.807, 2.05) is 0 Å². The second-order valence-electron chi connectivity index (χ2n) is 4.54. The molecule has 118 valence electrons. The third-order valence-electron chi connectivity index (χ3n) is 2.99. The van der Waals surface area contributed by atoms with Crippen molar-refractivity contribution >= 4 is 23.5 Å². The molecule has 0 N–H and O–H groups in total. The van der Waals surface area contributed by atoms with Gasteiger partial charge < -0.3 is 4.74 Å². The van der Waals surface area contributed by atoms with E-state index in [-0.39, 0.29) is 17.5 Å². The average Bonchev–Trinajstić information content (AvgIpc) is 2.97. The molecule has 23 heavy (non-hydrogen) atoms. The van der Waals surface area contributed by atoms with Gasteiger partial charge in [-0.25, -0.2) is 9.37 Å². The number of rotatable bonds is 5. The molecule has 0 bridgehead atoms. The van der Waals surface area contributed by atoms with E-state index in [1.54, 1.807) is 35.8 Å². The van der Waals surface area contributed by atoms with E-state index in [4.69, 9.17) is 4.74 Å². The maximum Gasteiger partial charge on any atom is 0.316 e. The fourth-order valence-corrected chi connectivity index (χ4v) is 2.62. The number of halogens is 1. The van der Waals surface area contributed by atoms with Gasteiger partial charge >= 0.3 is 5.97 Å². The summed E-state index contributed by atoms with van der Waals surface area (Å²) in [6, 6.07) is 7.87. The fourth-order valence-electron chi connectivity index (χ4n) is 2.00. The second-order valence-corrected chi connectivity index (χ2v) is 5.48. The van der Waals surface area contributed by atoms with Crippen molar-refractivity contribution in [3.63, 3.8) is 0 Å². The van der Waals surface area contributed by atoms with Crippen molar-refractivity contribution in [2.24, 2.45) is 0 Å². The van der Waals surface area contributed by atoms with Gasteiger partial charge in [0.05, 0.1) is 18.1 Å². The minimum atomic E-state index is -0.317. The summed E-state index contributed by atoms with van der Waals surface area (Å²) >= 11 is 1.18. The largest absolute Gasteiger partial charge is 0.465 e. The normalized spacial score (nSPS) is 10.9. The Balaban J connectivity index is 1.89. The molecular weight excluding hydrogens is 319 g/mol. The lowest BCUT2D eigenvalue weighted by Crippen LogP contribution is -2.06. The smallest absolute Gasteiger partial charge is 0.316 e. The lowest BCUT2D eigenvalue weighted by Gasteiger charge is -2.03. The van der Waals surface area contributed by atoms with E-state index < -0.39 is 0 Å². The van der Waals surface area contributed by atoms with Gasteiger partial charge in [0.2, 0.25) is 5.16 Å². The minimum absolute atomic E-state index is 0.136. The van der Waals surface area contributed by atoms with Gasteiger partial charge in [0.15, 0.2) is 0 Å². The highest BCUT2D eigenvalue weighted by molar-refractivity contribution is 7.99. The van der Waals surface area contributed by atoms with Crippen LogP contribution in [-0.2, 0) is 9.53 Å². The van der Waals surface area contributed by atoms with Crippen molar-refractivity contribution in [3.8, 4) is 11.3 Å². The molecule has 0 fully saturated rings. The SMILES string of the molecule is CCOC(=O)CSc1nc2nccc(-c3ccc(F)cc3)n2n1. The van der Waals surface area contributed by atoms with Crippen molar-refractivity contribution in [3.05, 3.63) is 42.3 Å². The van der Waals surface area contributed by atoms with Crippen LogP contribution >= 0.6 is 11.8 Å². The van der Waals surface area contributed by atoms with Crippen LogP contribution in [0.2, 0.25) is 0 Å². The topological polar surface area (TPSA) is 69.4 Å². The number of ether oxygens (including phenoxy) is 1. The molecule has 2 heterocycles. The molecule has 3 aromatic rings. The molecule has 0 saturated carbocycles. The monoisotopic (exact) mass is 332 g/mol. The molecule has 8 heteroatoms. The Morgan fingerprint density at radius 1 is 1.30 bits per heavy atom. The Hall–Kier alpha value is -2.48. The first-order valence-corrected chi connectivity index (χ1v) is 7.92. The predicted octanol–water partition coefficient (Wildman–Crippen LogP) is 2.59. The van der Waals surface area contributed by atoms with Gasteiger partial charge in [-0.3, -0.25) is 4.79 Å². The van der Waals surface area contributed by atoms with Crippen LogP contribution in [0.5, 0.6) is 0 Å². The average molecular weight is 332 g/mol. The van der Waals surface area contributed by atoms with E-state index in [0.29, 0.717) is 17.5 Å². The Morgan fingerprint density at radius 3 is 2.83 bits per heavy atom. The van der Waals surface area contributed by atoms with Crippen molar-refractivity contribution < 1.29 is 13.9 Å². The molecule has 0 saturated heterocycles. The van der Waals surface area contributed by atoms with Gasteiger partial charge in [-0.1, -0.05) is 11.8 Å². The molecule has 3 rings (SSSR count). The zero-order valence-corrected chi connectivity index (χ0v) is 13.1. The maximum atomic E-state index is 13.1. The van der Waals surface area contributed by atoms with Gasteiger partial charge in [0.1, 0.15) is 5.82 Å². The Labute approximate surface area is 135 Å². The van der Waals surface area contributed by atoms with Crippen molar-refractivity contribution in [1.29, 1.82) is 0 Å². The number of fused-ring (bicyclic) bond motifs is 1. The maximum absolute atomic E-state index is 13.1. The van der Waals surface area contributed by atoms with Crippen molar-refractivity contribution in [1.82, 2.24) is 19.6 Å². The number of aromatic nitrogens is 4. The summed E-state index contributed by atoms with van der Waals surface area (Å²) < 4.78 is 19.5. The van der Waals surface area contributed by atoms with Crippen LogP contribution in [0.4, 0.5) is 4.39 Å². The van der Waals surface area contributed by atoms with Crippen LogP contribution < -0.4 is 0 Å². The standard InChI is InChI=1S/C15H13FN4O2S/c1-2-22-13(21)9-23-15-18-14-17-8-7-12(20(14)19-15)10-3-5-11(16)6-4-10/h3-8H,2,9H2,1H3. The van der Waals surface area contributed by atoms with E-state index >= 15 is 0 Å². The molecule has 0 aliphatic carbocycles. The summed E-state index contributed by atoms with van der Waals surface area (Å²) in [5, 5.41) is 4.78. The summed E-state index contributed by atoms with van der Waals surface area (Å²) in [4.78, 5) is 19.8. The van der Waals surface area contributed by atoms with Crippen LogP contribution in [0.1, 0.15) is 6.92 Å². The molecule has 2 aromatic heterocycles. The number of carbonyl (C=O) groups is 1. The molecular formula is C15H13FN4O2S. The van der Waals surface area contributed by atoms with Gasteiger partial charge in [-0.2, -0.15) is 9.50 Å². The Bertz CT molecular complexity index is 835. The minimum Gasteiger partial charge on any atom is -0.465 e. The zero-order valence-electron chi connectivity index (χ0n) is 12.3. The highest BCUT2D eigenvalue weighted by Crippen LogP contribution is 2.21. The molecule has 0 atom stereocenters. The number of nitrogens with zero attached hydrogens (tertiary/aromatic N) is 4. The molecule has 0 unspecified atom stereocenters. The number of hydrogen-bond acceptors (Lipinski definition) is 6. The van der Waals surface area contributed by atoms with Crippen molar-refractivity contribution in [2.75, 3.05) is 12.4 Å². The molecule has 0 aliphatic heterocycles. The van der Waals surface area contributed by atoms with E-state index in [1.165, 1.54) is 23.9 Å². The second kappa shape index (κ2) is 6.74. The highest BCUT2D eigenvalue weighted by Gasteiger charge is 2.12. The van der Waals surface area contributed by atoms with E-state index in [9.17, 15) is 9.18 Å². The lowest BCUT2D eigenvalue weighted by molar-refractivity contribution is -0.139. The summed E-state index contributed by atoms with van der Waals surface area (Å²) in [5.74, 6) is -0.0686. The number of hydrogen-bond donors (Lipinski definition) is 0. The van der Waals surface area contributed by atoms with Gasteiger partial charge in [-0.15, -0.1) is 5.10 Å². The first-order chi connectivity index (χ1) is 11.2. The summed E-state index contributed by atoms with van der Waals surface area (Å²) in [6.45, 7) is 2.10. The summed E-state index contributed by atoms with van der Waals surface area (Å²) in [7, 11) is 0. The molecule has 0 aliphatic rings. The fraction of sp³-hybridized carbons (Fsp3) is 0.200. The van der Waals surface area contributed by atoms with Crippen molar-refractivity contribution in [2.45, 2.75) is 12.1 Å². The van der Waals surface area contributed by atoms with E-state index in [0.717, 1.165) is 11.3 Å². The van der Waals surface area contributed by atoms with Crippen LogP contribution in [0.25, 0.3) is 17.0 Å². The van der Waals surface area contributed by atoms with Gasteiger partial charge in [0.25, 0.3) is 5.78 Å². The molecule has 0 radical (unpaired) electrons. The number of thioether (sulfide) groups is 1. The lowest BCUT2D eigenvalue weighted by atomic mass is 10.1. The number of benzene rings is 1. The molecule has 0 amide bonds. The van der Waals surface area contributed by atoms with Gasteiger partial charge in [0, 0.05) is 11.8 Å². The molecule has 6 nitrogen and oxygen atoms in total. The number of esters is 1. The van der Waals surface area contributed by atoms with Crippen LogP contribution in [-0.4, -0.2) is 37.9 Å². The molecule has 1 aromatic carbocycles. The first kappa shape index (κ1) is 15.4. The highest BCUT2D eigenvalue weighted by atomic mass is 32.2. The Kier molecular flexibility index (Phi) is 4.52. The third kappa shape index (κ3) is 3.48. The van der Waals surface area contributed by atoms with Crippen LogP contribution in [0, 0.1) is 5.82 Å². The Morgan fingerprint density at radius 2 is 2.09 bits per heavy atom. The first-order valence-electron chi connectivity index (χ1n) is 6.93. The predicted molar refractivity (Wildman–Crippen MR) is 83.5 cm³/mol. The third-order valence-corrected chi connectivity index (χ3v) is 3.80. The van der Waals surface area contributed by atoms with E-state index in [2.05, 4.69) is 15.1 Å². The number of carbonyl (C=O) groups excluding carboxylic acids is 1.